The molecule has 1 aromatic carbocycles. The van der Waals surface area contributed by atoms with Crippen LogP contribution in [0.15, 0.2) is 24.3 Å². The number of hydrogen-bond acceptors (Lipinski definition) is 4. The summed E-state index contributed by atoms with van der Waals surface area (Å²) < 4.78 is 22.4. The second-order valence-corrected chi connectivity index (χ2v) is 8.82. The third kappa shape index (κ3) is 3.55. The third-order valence-corrected chi connectivity index (χ3v) is 5.50. The van der Waals surface area contributed by atoms with Crippen molar-refractivity contribution in [3.63, 3.8) is 0 Å². The van der Waals surface area contributed by atoms with Crippen LogP contribution in [-0.2, 0) is 13.8 Å². The fourth-order valence-corrected chi connectivity index (χ4v) is 4.58. The van der Waals surface area contributed by atoms with Gasteiger partial charge in [-0.05, 0) is 31.0 Å². The second-order valence-electron chi connectivity index (χ2n) is 5.99. The Balaban J connectivity index is 1.76. The topological polar surface area (TPSA) is 57.7 Å². The van der Waals surface area contributed by atoms with Crippen molar-refractivity contribution in [2.24, 2.45) is 5.92 Å². The summed E-state index contributed by atoms with van der Waals surface area (Å²) in [6, 6.07) is 7.91. The highest BCUT2D eigenvalue weighted by atomic mass is 35.7. The molecule has 1 atom stereocenters. The zero-order valence-electron chi connectivity index (χ0n) is 12.2. The van der Waals surface area contributed by atoms with Gasteiger partial charge in [-0.1, -0.05) is 6.07 Å². The van der Waals surface area contributed by atoms with E-state index in [-0.39, 0.29) is 24.0 Å². The van der Waals surface area contributed by atoms with Gasteiger partial charge in [0.05, 0.1) is 5.75 Å². The van der Waals surface area contributed by atoms with Gasteiger partial charge in [-0.3, -0.25) is 4.79 Å². The fourth-order valence-electron chi connectivity index (χ4n) is 3.26. The van der Waals surface area contributed by atoms with Gasteiger partial charge in [0, 0.05) is 54.0 Å². The summed E-state index contributed by atoms with van der Waals surface area (Å²) in [5.41, 5.74) is 1.96. The average Bonchev–Trinajstić information content (AvgIpc) is 3.07. The Kier molecular flexibility index (Phi) is 4.32. The molecule has 0 aliphatic carbocycles. The van der Waals surface area contributed by atoms with Gasteiger partial charge in [0.1, 0.15) is 0 Å². The second kappa shape index (κ2) is 6.08. The molecule has 2 fully saturated rings. The lowest BCUT2D eigenvalue weighted by Gasteiger charge is -2.22. The molecule has 7 heteroatoms. The summed E-state index contributed by atoms with van der Waals surface area (Å²) in [5.74, 6) is -0.419. The number of benzene rings is 1. The lowest BCUT2D eigenvalue weighted by Crippen LogP contribution is -2.26. The van der Waals surface area contributed by atoms with Gasteiger partial charge in [-0.25, -0.2) is 8.42 Å². The number of nitrogens with zero attached hydrogens (tertiary/aromatic N) is 2. The van der Waals surface area contributed by atoms with Crippen molar-refractivity contribution < 1.29 is 13.2 Å². The Morgan fingerprint density at radius 1 is 1.18 bits per heavy atom. The maximum absolute atomic E-state index is 12.2. The SMILES string of the molecule is O=C1CC(CS(=O)(=O)Cl)CN1c1cccc(N2CCCC2)c1. The fraction of sp³-hybridized carbons (Fsp3) is 0.533. The van der Waals surface area contributed by atoms with Crippen molar-refractivity contribution in [1.29, 1.82) is 0 Å². The predicted octanol–water partition coefficient (Wildman–Crippen LogP) is 2.21. The molecule has 120 valence electrons. The summed E-state index contributed by atoms with van der Waals surface area (Å²) in [6.45, 7) is 2.50. The Hall–Kier alpha value is -1.27. The third-order valence-electron chi connectivity index (χ3n) is 4.25. The molecule has 3 rings (SSSR count). The Bertz CT molecular complexity index is 671. The van der Waals surface area contributed by atoms with Gasteiger partial charge in [0.15, 0.2) is 0 Å². The molecular formula is C15H19ClN2O3S. The van der Waals surface area contributed by atoms with Gasteiger partial charge in [0.2, 0.25) is 15.0 Å². The van der Waals surface area contributed by atoms with Gasteiger partial charge in [-0.15, -0.1) is 0 Å². The molecule has 1 aromatic rings. The van der Waals surface area contributed by atoms with Crippen LogP contribution < -0.4 is 9.80 Å². The molecule has 0 spiro atoms. The number of amides is 1. The molecule has 0 aromatic heterocycles. The van der Waals surface area contributed by atoms with E-state index < -0.39 is 9.05 Å². The number of rotatable bonds is 4. The summed E-state index contributed by atoms with van der Waals surface area (Å²) in [5, 5.41) is 0. The molecule has 2 saturated heterocycles. The molecule has 0 radical (unpaired) electrons. The normalized spacial score (nSPS) is 22.6. The van der Waals surface area contributed by atoms with Crippen LogP contribution in [-0.4, -0.2) is 39.7 Å². The van der Waals surface area contributed by atoms with Crippen molar-refractivity contribution in [1.82, 2.24) is 0 Å². The number of carbonyl (C=O) groups excluding carboxylic acids is 1. The van der Waals surface area contributed by atoms with Crippen LogP contribution in [0.3, 0.4) is 0 Å². The molecule has 2 heterocycles. The predicted molar refractivity (Wildman–Crippen MR) is 88.0 cm³/mol. The first-order chi connectivity index (χ1) is 10.4. The Morgan fingerprint density at radius 3 is 2.55 bits per heavy atom. The summed E-state index contributed by atoms with van der Waals surface area (Å²) >= 11 is 0. The van der Waals surface area contributed by atoms with E-state index in [1.54, 1.807) is 4.90 Å². The molecule has 5 nitrogen and oxygen atoms in total. The lowest BCUT2D eigenvalue weighted by molar-refractivity contribution is -0.117. The van der Waals surface area contributed by atoms with E-state index in [1.807, 2.05) is 18.2 Å². The number of hydrogen-bond donors (Lipinski definition) is 0. The minimum atomic E-state index is -3.57. The number of anilines is 2. The van der Waals surface area contributed by atoms with Crippen molar-refractivity contribution in [2.45, 2.75) is 19.3 Å². The van der Waals surface area contributed by atoms with Crippen LogP contribution in [0.2, 0.25) is 0 Å². The van der Waals surface area contributed by atoms with Crippen LogP contribution in [0.1, 0.15) is 19.3 Å². The first-order valence-electron chi connectivity index (χ1n) is 7.50. The monoisotopic (exact) mass is 342 g/mol. The van der Waals surface area contributed by atoms with Crippen molar-refractivity contribution in [2.75, 3.05) is 35.2 Å². The zero-order chi connectivity index (χ0) is 15.7. The maximum atomic E-state index is 12.2. The maximum Gasteiger partial charge on any atom is 0.232 e. The molecular weight excluding hydrogens is 324 g/mol. The van der Waals surface area contributed by atoms with Crippen LogP contribution in [0.25, 0.3) is 0 Å². The molecule has 0 bridgehead atoms. The van der Waals surface area contributed by atoms with E-state index in [9.17, 15) is 13.2 Å². The lowest BCUT2D eigenvalue weighted by atomic mass is 10.1. The van der Waals surface area contributed by atoms with Crippen molar-refractivity contribution >= 4 is 37.0 Å². The standard InChI is InChI=1S/C15H19ClN2O3S/c16-22(20,21)11-12-8-15(19)18(10-12)14-5-3-4-13(9-14)17-6-1-2-7-17/h3-5,9,12H,1-2,6-8,10-11H2. The van der Waals surface area contributed by atoms with E-state index >= 15 is 0 Å². The highest BCUT2D eigenvalue weighted by molar-refractivity contribution is 8.13. The number of carbonyl (C=O) groups is 1. The first kappa shape index (κ1) is 15.6. The van der Waals surface area contributed by atoms with Gasteiger partial charge >= 0.3 is 0 Å². The highest BCUT2D eigenvalue weighted by Crippen LogP contribution is 2.30. The van der Waals surface area contributed by atoms with E-state index in [0.717, 1.165) is 24.5 Å². The summed E-state index contributed by atoms with van der Waals surface area (Å²) in [7, 11) is 1.73. The Labute approximate surface area is 135 Å². The van der Waals surface area contributed by atoms with Gasteiger partial charge in [-0.2, -0.15) is 0 Å². The molecule has 1 amide bonds. The molecule has 22 heavy (non-hydrogen) atoms. The van der Waals surface area contributed by atoms with Gasteiger partial charge < -0.3 is 9.80 Å². The summed E-state index contributed by atoms with van der Waals surface area (Å²) in [6.07, 6.45) is 2.63. The molecule has 0 saturated carbocycles. The highest BCUT2D eigenvalue weighted by Gasteiger charge is 2.33. The minimum absolute atomic E-state index is 0.0381. The first-order valence-corrected chi connectivity index (χ1v) is 9.98. The van der Waals surface area contributed by atoms with Gasteiger partial charge in [0.25, 0.3) is 0 Å². The van der Waals surface area contributed by atoms with Crippen LogP contribution in [0.4, 0.5) is 11.4 Å². The summed E-state index contributed by atoms with van der Waals surface area (Å²) in [4.78, 5) is 16.2. The average molecular weight is 343 g/mol. The van der Waals surface area contributed by atoms with E-state index in [2.05, 4.69) is 11.0 Å². The van der Waals surface area contributed by atoms with Crippen LogP contribution >= 0.6 is 10.7 Å². The molecule has 2 aliphatic heterocycles. The van der Waals surface area contributed by atoms with E-state index in [1.165, 1.54) is 12.8 Å². The largest absolute Gasteiger partial charge is 0.371 e. The molecule has 0 N–H and O–H groups in total. The molecule has 2 aliphatic rings. The minimum Gasteiger partial charge on any atom is -0.371 e. The zero-order valence-corrected chi connectivity index (χ0v) is 13.8. The van der Waals surface area contributed by atoms with E-state index in [4.69, 9.17) is 10.7 Å². The van der Waals surface area contributed by atoms with Crippen LogP contribution in [0, 0.1) is 5.92 Å². The smallest absolute Gasteiger partial charge is 0.232 e. The number of halogens is 1. The quantitative estimate of drug-likeness (QED) is 0.787. The van der Waals surface area contributed by atoms with E-state index in [0.29, 0.717) is 6.54 Å². The van der Waals surface area contributed by atoms with Crippen molar-refractivity contribution in [3.05, 3.63) is 24.3 Å². The van der Waals surface area contributed by atoms with Crippen LogP contribution in [0.5, 0.6) is 0 Å². The molecule has 1 unspecified atom stereocenters. The Morgan fingerprint density at radius 2 is 1.86 bits per heavy atom. The van der Waals surface area contributed by atoms with Crippen molar-refractivity contribution in [3.8, 4) is 0 Å².